The Labute approximate surface area is 144 Å². The van der Waals surface area contributed by atoms with Crippen LogP contribution < -0.4 is 5.73 Å². The van der Waals surface area contributed by atoms with E-state index in [0.717, 1.165) is 4.31 Å². The molecule has 1 aromatic rings. The fourth-order valence-corrected chi connectivity index (χ4v) is 4.81. The fraction of sp³-hybridized carbons (Fsp3) is 0.538. The van der Waals surface area contributed by atoms with Gasteiger partial charge in [-0.2, -0.15) is 4.31 Å². The summed E-state index contributed by atoms with van der Waals surface area (Å²) >= 11 is 0. The second kappa shape index (κ2) is 7.45. The van der Waals surface area contributed by atoms with Crippen molar-refractivity contribution in [1.29, 1.82) is 0 Å². The summed E-state index contributed by atoms with van der Waals surface area (Å²) in [7, 11) is -4.56. The Morgan fingerprint density at radius 2 is 1.61 bits per heavy atom. The summed E-state index contributed by atoms with van der Waals surface area (Å²) in [6, 6.07) is 5.48. The monoisotopic (exact) mass is 383 g/mol. The number of halogens is 1. The van der Waals surface area contributed by atoms with Crippen molar-refractivity contribution in [3.05, 3.63) is 24.3 Å². The fourth-order valence-electron chi connectivity index (χ4n) is 2.27. The van der Waals surface area contributed by atoms with Crippen molar-refractivity contribution in [2.45, 2.75) is 28.7 Å². The molecule has 0 unspecified atom stereocenters. The second-order valence-corrected chi connectivity index (χ2v) is 9.59. The highest BCUT2D eigenvalue weighted by Gasteiger charge is 2.29. The van der Waals surface area contributed by atoms with Gasteiger partial charge >= 0.3 is 0 Å². The molecule has 2 rings (SSSR count). The number of hydrogen-bond donors (Lipinski definition) is 1. The van der Waals surface area contributed by atoms with Gasteiger partial charge in [-0.1, -0.05) is 6.07 Å². The van der Waals surface area contributed by atoms with Crippen molar-refractivity contribution < 1.29 is 16.8 Å². The van der Waals surface area contributed by atoms with Crippen LogP contribution in [0.25, 0.3) is 0 Å². The van der Waals surface area contributed by atoms with E-state index in [4.69, 9.17) is 5.73 Å². The van der Waals surface area contributed by atoms with E-state index in [1.807, 2.05) is 0 Å². The summed E-state index contributed by atoms with van der Waals surface area (Å²) in [4.78, 5) is -0.0433. The molecule has 1 aliphatic heterocycles. The van der Waals surface area contributed by atoms with Crippen molar-refractivity contribution >= 4 is 32.5 Å². The average molecular weight is 384 g/mol. The largest absolute Gasteiger partial charge is 0.328 e. The minimum absolute atomic E-state index is 0. The third kappa shape index (κ3) is 4.23. The first-order valence-corrected chi connectivity index (χ1v) is 9.82. The summed E-state index contributed by atoms with van der Waals surface area (Å²) < 4.78 is 51.9. The van der Waals surface area contributed by atoms with E-state index in [1.54, 1.807) is 0 Å². The van der Waals surface area contributed by atoms with Crippen molar-refractivity contribution in [1.82, 2.24) is 8.61 Å². The minimum atomic E-state index is -3.70. The number of hydrogen-bond acceptors (Lipinski definition) is 5. The van der Waals surface area contributed by atoms with E-state index in [-0.39, 0.29) is 28.2 Å². The van der Waals surface area contributed by atoms with Gasteiger partial charge in [-0.25, -0.2) is 21.1 Å². The van der Waals surface area contributed by atoms with E-state index in [9.17, 15) is 16.8 Å². The van der Waals surface area contributed by atoms with Gasteiger partial charge in [0.1, 0.15) is 0 Å². The smallest absolute Gasteiger partial charge is 0.243 e. The Balaban J connectivity index is 0.00000264. The molecule has 10 heteroatoms. The molecule has 23 heavy (non-hydrogen) atoms. The molecule has 1 fully saturated rings. The highest BCUT2D eigenvalue weighted by atomic mass is 35.5. The van der Waals surface area contributed by atoms with E-state index in [0.29, 0.717) is 25.9 Å². The summed E-state index contributed by atoms with van der Waals surface area (Å²) in [6.45, 7) is 0.711. The minimum Gasteiger partial charge on any atom is -0.328 e. The van der Waals surface area contributed by atoms with Gasteiger partial charge < -0.3 is 5.73 Å². The van der Waals surface area contributed by atoms with Crippen LogP contribution in [0.3, 0.4) is 0 Å². The number of benzene rings is 1. The topological polar surface area (TPSA) is 101 Å². The highest BCUT2D eigenvalue weighted by molar-refractivity contribution is 7.90. The molecule has 1 saturated heterocycles. The second-order valence-electron chi connectivity index (χ2n) is 5.50. The number of nitrogens with two attached hydrogens (primary N) is 1. The Bertz CT molecular complexity index is 742. The Morgan fingerprint density at radius 3 is 2.13 bits per heavy atom. The number of sulfonamides is 2. The van der Waals surface area contributed by atoms with Gasteiger partial charge in [0.2, 0.25) is 20.0 Å². The molecule has 1 aromatic carbocycles. The van der Waals surface area contributed by atoms with Crippen LogP contribution in [-0.2, 0) is 20.0 Å². The van der Waals surface area contributed by atoms with Gasteiger partial charge in [-0.05, 0) is 31.0 Å². The zero-order chi connectivity index (χ0) is 16.5. The molecule has 7 nitrogen and oxygen atoms in total. The van der Waals surface area contributed by atoms with E-state index in [1.165, 1.54) is 42.7 Å². The molecule has 132 valence electrons. The molecule has 2 N–H and O–H groups in total. The predicted octanol–water partition coefficient (Wildman–Crippen LogP) is 0.471. The Morgan fingerprint density at radius 1 is 1.09 bits per heavy atom. The first-order chi connectivity index (χ1) is 10.2. The van der Waals surface area contributed by atoms with Crippen molar-refractivity contribution in [3.63, 3.8) is 0 Å². The Hall–Kier alpha value is -0.710. The number of rotatable bonds is 4. The number of piperidine rings is 1. The lowest BCUT2D eigenvalue weighted by Gasteiger charge is -2.29. The lowest BCUT2D eigenvalue weighted by molar-refractivity contribution is 0.320. The molecule has 0 amide bonds. The van der Waals surface area contributed by atoms with Crippen molar-refractivity contribution in [2.24, 2.45) is 5.73 Å². The quantitative estimate of drug-likeness (QED) is 0.814. The average Bonchev–Trinajstić information content (AvgIpc) is 2.47. The van der Waals surface area contributed by atoms with Gasteiger partial charge in [-0.3, -0.25) is 0 Å². The van der Waals surface area contributed by atoms with Crippen LogP contribution in [0.5, 0.6) is 0 Å². The summed E-state index contributed by atoms with van der Waals surface area (Å²) in [5.41, 5.74) is 5.79. The van der Waals surface area contributed by atoms with Gasteiger partial charge in [0.15, 0.2) is 0 Å². The van der Waals surface area contributed by atoms with E-state index in [2.05, 4.69) is 0 Å². The van der Waals surface area contributed by atoms with Gasteiger partial charge in [-0.15, -0.1) is 12.4 Å². The maximum absolute atomic E-state index is 12.6. The highest BCUT2D eigenvalue weighted by Crippen LogP contribution is 2.23. The summed E-state index contributed by atoms with van der Waals surface area (Å²) in [6.07, 6.45) is 1.21. The molecule has 0 radical (unpaired) electrons. The predicted molar refractivity (Wildman–Crippen MR) is 90.5 cm³/mol. The molecule has 0 saturated carbocycles. The number of nitrogens with zero attached hydrogens (tertiary/aromatic N) is 2. The maximum Gasteiger partial charge on any atom is 0.243 e. The van der Waals surface area contributed by atoms with Crippen LogP contribution in [0.1, 0.15) is 12.8 Å². The van der Waals surface area contributed by atoms with E-state index < -0.39 is 20.0 Å². The Kier molecular flexibility index (Phi) is 6.59. The zero-order valence-electron chi connectivity index (χ0n) is 13.0. The van der Waals surface area contributed by atoms with Crippen LogP contribution >= 0.6 is 12.4 Å². The van der Waals surface area contributed by atoms with E-state index >= 15 is 0 Å². The van der Waals surface area contributed by atoms with Gasteiger partial charge in [0.25, 0.3) is 0 Å². The molecule has 0 aliphatic carbocycles. The molecule has 0 spiro atoms. The van der Waals surface area contributed by atoms with Gasteiger partial charge in [0, 0.05) is 33.2 Å². The first kappa shape index (κ1) is 20.3. The molecular weight excluding hydrogens is 362 g/mol. The summed E-state index contributed by atoms with van der Waals surface area (Å²) in [5, 5.41) is 0. The standard InChI is InChI=1S/C13H21N3O4S2.ClH/c1-15(2)21(17,18)12-4-3-5-13(10-12)22(19,20)16-8-6-11(14)7-9-16;/h3-5,10-11H,6-9,14H2,1-2H3;1H. The van der Waals surface area contributed by atoms with Crippen LogP contribution in [0.4, 0.5) is 0 Å². The lowest BCUT2D eigenvalue weighted by Crippen LogP contribution is -2.42. The third-order valence-electron chi connectivity index (χ3n) is 3.72. The normalized spacial score (nSPS) is 17.9. The molecule has 0 aromatic heterocycles. The van der Waals surface area contributed by atoms with Crippen LogP contribution in [0, 0.1) is 0 Å². The first-order valence-electron chi connectivity index (χ1n) is 6.94. The van der Waals surface area contributed by atoms with Crippen molar-refractivity contribution in [3.8, 4) is 0 Å². The van der Waals surface area contributed by atoms with Crippen molar-refractivity contribution in [2.75, 3.05) is 27.2 Å². The maximum atomic E-state index is 12.6. The molecule has 0 atom stereocenters. The van der Waals surface area contributed by atoms with Gasteiger partial charge in [0.05, 0.1) is 9.79 Å². The zero-order valence-corrected chi connectivity index (χ0v) is 15.5. The van der Waals surface area contributed by atoms with Crippen LogP contribution in [0.15, 0.2) is 34.1 Å². The molecule has 1 heterocycles. The van der Waals surface area contributed by atoms with Crippen LogP contribution in [0.2, 0.25) is 0 Å². The summed E-state index contributed by atoms with van der Waals surface area (Å²) in [5.74, 6) is 0. The SMILES string of the molecule is CN(C)S(=O)(=O)c1cccc(S(=O)(=O)N2CCC(N)CC2)c1.Cl. The molecule has 0 bridgehead atoms. The lowest BCUT2D eigenvalue weighted by atomic mass is 10.1. The molecule has 1 aliphatic rings. The third-order valence-corrected chi connectivity index (χ3v) is 7.43. The molecular formula is C13H22ClN3O4S2. The van der Waals surface area contributed by atoms with Crippen LogP contribution in [-0.4, -0.2) is 58.7 Å².